The number of anilines is 1. The minimum absolute atomic E-state index is 0.221. The van der Waals surface area contributed by atoms with Crippen molar-refractivity contribution in [3.05, 3.63) is 24.0 Å². The van der Waals surface area contributed by atoms with E-state index in [-0.39, 0.29) is 6.10 Å². The van der Waals surface area contributed by atoms with Crippen LogP contribution >= 0.6 is 0 Å². The fraction of sp³-hybridized carbons (Fsp3) is 0.583. The highest BCUT2D eigenvalue weighted by Crippen LogP contribution is 2.21. The lowest BCUT2D eigenvalue weighted by Gasteiger charge is -2.18. The van der Waals surface area contributed by atoms with Gasteiger partial charge >= 0.3 is 0 Å². The summed E-state index contributed by atoms with van der Waals surface area (Å²) < 4.78 is 0. The minimum Gasteiger partial charge on any atom is -0.391 e. The van der Waals surface area contributed by atoms with Crippen LogP contribution in [0.2, 0.25) is 0 Å². The van der Waals surface area contributed by atoms with Crippen LogP contribution in [0.4, 0.5) is 5.69 Å². The molecule has 1 aliphatic rings. The van der Waals surface area contributed by atoms with Crippen molar-refractivity contribution >= 4 is 5.69 Å². The number of rotatable bonds is 3. The summed E-state index contributed by atoms with van der Waals surface area (Å²) in [5.41, 5.74) is 1.73. The van der Waals surface area contributed by atoms with Gasteiger partial charge in [-0.2, -0.15) is 0 Å². The molecule has 2 N–H and O–H groups in total. The molecule has 16 heavy (non-hydrogen) atoms. The summed E-state index contributed by atoms with van der Waals surface area (Å²) in [5, 5.41) is 19.1. The van der Waals surface area contributed by atoms with Gasteiger partial charge in [0.2, 0.25) is 0 Å². The van der Waals surface area contributed by atoms with Gasteiger partial charge in [-0.05, 0) is 25.0 Å². The fourth-order valence-corrected chi connectivity index (χ4v) is 1.97. The van der Waals surface area contributed by atoms with E-state index in [9.17, 15) is 10.2 Å². The zero-order valence-corrected chi connectivity index (χ0v) is 9.50. The first-order valence-electron chi connectivity index (χ1n) is 5.77. The fourth-order valence-electron chi connectivity index (χ4n) is 1.97. The van der Waals surface area contributed by atoms with Gasteiger partial charge in [-0.15, -0.1) is 0 Å². The Morgan fingerprint density at radius 2 is 2.38 bits per heavy atom. The highest BCUT2D eigenvalue weighted by molar-refractivity contribution is 5.45. The molecule has 4 heteroatoms. The van der Waals surface area contributed by atoms with Crippen LogP contribution < -0.4 is 4.90 Å². The Kier molecular flexibility index (Phi) is 3.41. The third kappa shape index (κ3) is 2.33. The maximum Gasteiger partial charge on any atom is 0.0957 e. The topological polar surface area (TPSA) is 56.6 Å². The van der Waals surface area contributed by atoms with Gasteiger partial charge in [0, 0.05) is 13.1 Å². The van der Waals surface area contributed by atoms with E-state index in [1.807, 2.05) is 19.1 Å². The second-order valence-electron chi connectivity index (χ2n) is 4.25. The van der Waals surface area contributed by atoms with Crippen LogP contribution in [0.5, 0.6) is 0 Å². The SMILES string of the molecule is CC[C@H](O)c1ccc(N2CCC(O)C2)cn1. The van der Waals surface area contributed by atoms with E-state index in [1.54, 1.807) is 6.20 Å². The van der Waals surface area contributed by atoms with Crippen molar-refractivity contribution < 1.29 is 10.2 Å². The van der Waals surface area contributed by atoms with Crippen molar-refractivity contribution in [1.82, 2.24) is 4.98 Å². The van der Waals surface area contributed by atoms with Crippen molar-refractivity contribution in [2.24, 2.45) is 0 Å². The van der Waals surface area contributed by atoms with E-state index < -0.39 is 6.10 Å². The molecule has 1 fully saturated rings. The molecule has 2 heterocycles. The number of hydrogen-bond acceptors (Lipinski definition) is 4. The number of nitrogens with zero attached hydrogens (tertiary/aromatic N) is 2. The maximum absolute atomic E-state index is 9.61. The monoisotopic (exact) mass is 222 g/mol. The molecular weight excluding hydrogens is 204 g/mol. The molecule has 0 radical (unpaired) electrons. The Labute approximate surface area is 95.5 Å². The number of β-amino-alcohol motifs (C(OH)–C–C–N with tert-alkyl or cyclic N) is 1. The molecule has 1 aromatic heterocycles. The average Bonchev–Trinajstić information content (AvgIpc) is 2.75. The third-order valence-corrected chi connectivity index (χ3v) is 3.03. The van der Waals surface area contributed by atoms with Gasteiger partial charge in [0.25, 0.3) is 0 Å². The van der Waals surface area contributed by atoms with Gasteiger partial charge in [-0.25, -0.2) is 0 Å². The molecular formula is C12H18N2O2. The van der Waals surface area contributed by atoms with E-state index in [2.05, 4.69) is 9.88 Å². The van der Waals surface area contributed by atoms with Crippen LogP contribution in [0, 0.1) is 0 Å². The smallest absolute Gasteiger partial charge is 0.0957 e. The molecule has 0 saturated carbocycles. The Morgan fingerprint density at radius 3 is 2.88 bits per heavy atom. The minimum atomic E-state index is -0.474. The zero-order chi connectivity index (χ0) is 11.5. The average molecular weight is 222 g/mol. The highest BCUT2D eigenvalue weighted by Gasteiger charge is 2.20. The van der Waals surface area contributed by atoms with Gasteiger partial charge in [0.05, 0.1) is 29.8 Å². The maximum atomic E-state index is 9.61. The van der Waals surface area contributed by atoms with Crippen molar-refractivity contribution in [2.75, 3.05) is 18.0 Å². The van der Waals surface area contributed by atoms with Gasteiger partial charge in [0.15, 0.2) is 0 Å². The molecule has 0 bridgehead atoms. The number of aliphatic hydroxyl groups is 2. The van der Waals surface area contributed by atoms with Crippen LogP contribution in [0.1, 0.15) is 31.6 Å². The largest absolute Gasteiger partial charge is 0.391 e. The predicted molar refractivity (Wildman–Crippen MR) is 62.3 cm³/mol. The summed E-state index contributed by atoms with van der Waals surface area (Å²) >= 11 is 0. The van der Waals surface area contributed by atoms with Gasteiger partial charge in [-0.1, -0.05) is 6.92 Å². The van der Waals surface area contributed by atoms with E-state index in [0.717, 1.165) is 18.7 Å². The Bertz CT molecular complexity index is 339. The lowest BCUT2D eigenvalue weighted by Crippen LogP contribution is -2.21. The van der Waals surface area contributed by atoms with E-state index >= 15 is 0 Å². The van der Waals surface area contributed by atoms with Gasteiger partial charge in [-0.3, -0.25) is 4.98 Å². The molecule has 1 saturated heterocycles. The number of hydrogen-bond donors (Lipinski definition) is 2. The van der Waals surface area contributed by atoms with Crippen LogP contribution in [-0.4, -0.2) is 34.4 Å². The highest BCUT2D eigenvalue weighted by atomic mass is 16.3. The molecule has 1 aliphatic heterocycles. The molecule has 0 aromatic carbocycles. The third-order valence-electron chi connectivity index (χ3n) is 3.03. The molecule has 1 aromatic rings. The molecule has 0 amide bonds. The standard InChI is InChI=1S/C12H18N2O2/c1-2-12(16)11-4-3-9(7-13-11)14-6-5-10(15)8-14/h3-4,7,10,12,15-16H,2,5-6,8H2,1H3/t10?,12-/m0/s1. The Balaban J connectivity index is 2.07. The van der Waals surface area contributed by atoms with Gasteiger partial charge < -0.3 is 15.1 Å². The molecule has 0 spiro atoms. The van der Waals surface area contributed by atoms with E-state index in [0.29, 0.717) is 18.7 Å². The molecule has 4 nitrogen and oxygen atoms in total. The van der Waals surface area contributed by atoms with Crippen molar-refractivity contribution in [1.29, 1.82) is 0 Å². The van der Waals surface area contributed by atoms with Crippen molar-refractivity contribution in [3.63, 3.8) is 0 Å². The molecule has 0 aliphatic carbocycles. The summed E-state index contributed by atoms with van der Waals surface area (Å²) in [6, 6.07) is 3.81. The lowest BCUT2D eigenvalue weighted by molar-refractivity contribution is 0.169. The zero-order valence-electron chi connectivity index (χ0n) is 9.50. The molecule has 2 atom stereocenters. The number of aliphatic hydroxyl groups excluding tert-OH is 2. The van der Waals surface area contributed by atoms with Crippen LogP contribution in [0.15, 0.2) is 18.3 Å². The second kappa shape index (κ2) is 4.80. The number of pyridine rings is 1. The first-order chi connectivity index (χ1) is 7.70. The first-order valence-corrected chi connectivity index (χ1v) is 5.77. The summed E-state index contributed by atoms with van der Waals surface area (Å²) in [6.45, 7) is 3.48. The quantitative estimate of drug-likeness (QED) is 0.804. The van der Waals surface area contributed by atoms with Crippen molar-refractivity contribution in [2.45, 2.75) is 32.0 Å². The van der Waals surface area contributed by atoms with Crippen molar-refractivity contribution in [3.8, 4) is 0 Å². The summed E-state index contributed by atoms with van der Waals surface area (Å²) in [4.78, 5) is 6.36. The summed E-state index contributed by atoms with van der Waals surface area (Å²) in [6.07, 6.45) is 2.57. The first kappa shape index (κ1) is 11.4. The van der Waals surface area contributed by atoms with Crippen LogP contribution in [-0.2, 0) is 0 Å². The van der Waals surface area contributed by atoms with Gasteiger partial charge in [0.1, 0.15) is 0 Å². The molecule has 1 unspecified atom stereocenters. The van der Waals surface area contributed by atoms with Crippen LogP contribution in [0.25, 0.3) is 0 Å². The van der Waals surface area contributed by atoms with Crippen LogP contribution in [0.3, 0.4) is 0 Å². The lowest BCUT2D eigenvalue weighted by atomic mass is 10.2. The Morgan fingerprint density at radius 1 is 1.56 bits per heavy atom. The molecule has 2 rings (SSSR count). The number of aromatic nitrogens is 1. The second-order valence-corrected chi connectivity index (χ2v) is 4.25. The summed E-state index contributed by atoms with van der Waals surface area (Å²) in [7, 11) is 0. The normalized spacial score (nSPS) is 22.4. The molecule has 88 valence electrons. The van der Waals surface area contributed by atoms with E-state index in [1.165, 1.54) is 0 Å². The Hall–Kier alpha value is -1.13. The predicted octanol–water partition coefficient (Wildman–Crippen LogP) is 1.10. The summed E-state index contributed by atoms with van der Waals surface area (Å²) in [5.74, 6) is 0. The van der Waals surface area contributed by atoms with E-state index in [4.69, 9.17) is 0 Å².